The molecule has 0 saturated heterocycles. The van der Waals surface area contributed by atoms with E-state index in [2.05, 4.69) is 6.92 Å². The Morgan fingerprint density at radius 1 is 1.04 bits per heavy atom. The second kappa shape index (κ2) is 7.17. The van der Waals surface area contributed by atoms with Gasteiger partial charge in [0, 0.05) is 0 Å². The molecule has 1 aromatic carbocycles. The van der Waals surface area contributed by atoms with E-state index in [1.54, 1.807) is 24.3 Å². The lowest BCUT2D eigenvalue weighted by atomic mass is 9.67. The molecule has 2 aliphatic carbocycles. The summed E-state index contributed by atoms with van der Waals surface area (Å²) >= 11 is 0. The van der Waals surface area contributed by atoms with Gasteiger partial charge in [0.25, 0.3) is 0 Å². The number of hydrogen-bond acceptors (Lipinski definition) is 2. The van der Waals surface area contributed by atoms with Crippen LogP contribution in [0.5, 0.6) is 0 Å². The molecule has 0 radical (unpaired) electrons. The first kappa shape index (κ1) is 17.9. The minimum absolute atomic E-state index is 0.177. The van der Waals surface area contributed by atoms with Crippen LogP contribution in [0.2, 0.25) is 0 Å². The third-order valence-corrected chi connectivity index (χ3v) is 6.03. The number of aliphatic carboxylic acids is 1. The van der Waals surface area contributed by atoms with E-state index >= 15 is 0 Å². The zero-order valence-electron chi connectivity index (χ0n) is 14.9. The Labute approximate surface area is 150 Å². The summed E-state index contributed by atoms with van der Waals surface area (Å²) in [7, 11) is 0. The topological polar surface area (TPSA) is 57.5 Å². The van der Waals surface area contributed by atoms with Crippen molar-refractivity contribution in [3.05, 3.63) is 60.2 Å². The number of carboxylic acid groups (broad SMARTS) is 1. The second-order valence-electron chi connectivity index (χ2n) is 7.60. The lowest BCUT2D eigenvalue weighted by molar-refractivity contribution is -0.140. The highest BCUT2D eigenvalue weighted by molar-refractivity contribution is 5.87. The van der Waals surface area contributed by atoms with Gasteiger partial charge in [0.05, 0.1) is 0 Å². The molecule has 0 aliphatic heterocycles. The molecule has 1 fully saturated rings. The van der Waals surface area contributed by atoms with E-state index in [1.807, 2.05) is 30.3 Å². The molecule has 2 aliphatic rings. The van der Waals surface area contributed by atoms with Crippen molar-refractivity contribution in [2.24, 2.45) is 11.8 Å². The molecule has 3 rings (SSSR count). The molecule has 25 heavy (non-hydrogen) atoms. The average Bonchev–Trinajstić information content (AvgIpc) is 2.64. The molecule has 0 amide bonds. The highest BCUT2D eigenvalue weighted by Gasteiger charge is 2.43. The molecule has 134 valence electrons. The van der Waals surface area contributed by atoms with Crippen molar-refractivity contribution in [1.82, 2.24) is 0 Å². The Kier molecular flexibility index (Phi) is 5.14. The molecule has 0 aromatic heterocycles. The number of hydrogen-bond donors (Lipinski definition) is 2. The first-order valence-electron chi connectivity index (χ1n) is 9.42. The molecule has 0 bridgehead atoms. The summed E-state index contributed by atoms with van der Waals surface area (Å²) < 4.78 is 0. The van der Waals surface area contributed by atoms with Crippen molar-refractivity contribution in [2.45, 2.75) is 56.5 Å². The monoisotopic (exact) mass is 340 g/mol. The number of rotatable bonds is 5. The first-order valence-corrected chi connectivity index (χ1v) is 9.42. The average molecular weight is 340 g/mol. The lowest BCUT2D eigenvalue weighted by Gasteiger charge is -2.40. The smallest absolute Gasteiger partial charge is 0.321 e. The fourth-order valence-electron chi connectivity index (χ4n) is 4.41. The molecule has 3 nitrogen and oxygen atoms in total. The SMILES string of the molecule is CCCC1CCC(C2(O)C=CC(C(=O)O)(c3ccccc3)C=C2)CC1. The van der Waals surface area contributed by atoms with Gasteiger partial charge in [0.15, 0.2) is 0 Å². The van der Waals surface area contributed by atoms with Gasteiger partial charge in [-0.2, -0.15) is 0 Å². The van der Waals surface area contributed by atoms with Gasteiger partial charge in [-0.05, 0) is 30.2 Å². The Morgan fingerprint density at radius 2 is 1.64 bits per heavy atom. The molecule has 0 spiro atoms. The summed E-state index contributed by atoms with van der Waals surface area (Å²) in [5, 5.41) is 20.9. The van der Waals surface area contributed by atoms with Crippen LogP contribution in [0.1, 0.15) is 51.0 Å². The van der Waals surface area contributed by atoms with Crippen LogP contribution in [-0.4, -0.2) is 21.8 Å². The first-order chi connectivity index (χ1) is 12.0. The Morgan fingerprint density at radius 3 is 2.16 bits per heavy atom. The fourth-order valence-corrected chi connectivity index (χ4v) is 4.41. The van der Waals surface area contributed by atoms with Crippen molar-refractivity contribution < 1.29 is 15.0 Å². The fraction of sp³-hybridized carbons (Fsp3) is 0.500. The van der Waals surface area contributed by atoms with E-state index in [9.17, 15) is 15.0 Å². The van der Waals surface area contributed by atoms with Gasteiger partial charge in [0.2, 0.25) is 0 Å². The van der Waals surface area contributed by atoms with Crippen LogP contribution >= 0.6 is 0 Å². The van der Waals surface area contributed by atoms with E-state index in [-0.39, 0.29) is 5.92 Å². The Balaban J connectivity index is 1.79. The maximum absolute atomic E-state index is 12.0. The minimum Gasteiger partial charge on any atom is -0.480 e. The number of aliphatic hydroxyl groups is 1. The van der Waals surface area contributed by atoms with Gasteiger partial charge < -0.3 is 10.2 Å². The van der Waals surface area contributed by atoms with E-state index in [4.69, 9.17) is 0 Å². The number of benzene rings is 1. The zero-order valence-corrected chi connectivity index (χ0v) is 14.9. The second-order valence-corrected chi connectivity index (χ2v) is 7.60. The van der Waals surface area contributed by atoms with E-state index < -0.39 is 17.0 Å². The minimum atomic E-state index is -1.19. The standard InChI is InChI=1S/C22H28O3/c1-2-6-17-9-11-19(12-10-17)22(25)15-13-21(14-16-22,20(23)24)18-7-4-3-5-8-18/h3-5,7-8,13-17,19,25H,2,6,9-12H2,1H3,(H,23,24). The predicted molar refractivity (Wildman–Crippen MR) is 99.3 cm³/mol. The molecule has 2 N–H and O–H groups in total. The molecule has 1 aromatic rings. The molecule has 3 heteroatoms. The molecule has 1 saturated carbocycles. The summed E-state index contributed by atoms with van der Waals surface area (Å²) in [5.41, 5.74) is -1.50. The van der Waals surface area contributed by atoms with Crippen molar-refractivity contribution in [3.63, 3.8) is 0 Å². The quantitative estimate of drug-likeness (QED) is 0.777. The van der Waals surface area contributed by atoms with Crippen molar-refractivity contribution in [3.8, 4) is 0 Å². The van der Waals surface area contributed by atoms with Crippen LogP contribution < -0.4 is 0 Å². The lowest BCUT2D eigenvalue weighted by Crippen LogP contribution is -2.42. The van der Waals surface area contributed by atoms with Crippen LogP contribution in [0, 0.1) is 11.8 Å². The van der Waals surface area contributed by atoms with Gasteiger partial charge >= 0.3 is 5.97 Å². The zero-order chi connectivity index (χ0) is 17.9. The van der Waals surface area contributed by atoms with Crippen molar-refractivity contribution in [1.29, 1.82) is 0 Å². The number of carbonyl (C=O) groups is 1. The highest BCUT2D eigenvalue weighted by Crippen LogP contribution is 2.42. The largest absolute Gasteiger partial charge is 0.480 e. The normalized spacial score (nSPS) is 34.8. The highest BCUT2D eigenvalue weighted by atomic mass is 16.4. The van der Waals surface area contributed by atoms with Gasteiger partial charge in [0.1, 0.15) is 11.0 Å². The van der Waals surface area contributed by atoms with Crippen LogP contribution in [0.3, 0.4) is 0 Å². The summed E-state index contributed by atoms with van der Waals surface area (Å²) in [6.07, 6.45) is 13.6. The summed E-state index contributed by atoms with van der Waals surface area (Å²) in [4.78, 5) is 12.0. The molecule has 0 unspecified atom stereocenters. The van der Waals surface area contributed by atoms with Gasteiger partial charge in [-0.1, -0.05) is 87.2 Å². The summed E-state index contributed by atoms with van der Waals surface area (Å²) in [6, 6.07) is 9.21. The van der Waals surface area contributed by atoms with Crippen LogP contribution in [0.15, 0.2) is 54.6 Å². The predicted octanol–water partition coefficient (Wildman–Crippen LogP) is 4.47. The maximum Gasteiger partial charge on any atom is 0.321 e. The van der Waals surface area contributed by atoms with Crippen molar-refractivity contribution in [2.75, 3.05) is 0 Å². The van der Waals surface area contributed by atoms with E-state index in [0.717, 1.165) is 31.6 Å². The molecule has 0 atom stereocenters. The van der Waals surface area contributed by atoms with Gasteiger partial charge in [-0.3, -0.25) is 4.79 Å². The summed E-state index contributed by atoms with van der Waals surface area (Å²) in [6.45, 7) is 2.22. The summed E-state index contributed by atoms with van der Waals surface area (Å²) in [5.74, 6) is 0.0411. The van der Waals surface area contributed by atoms with Gasteiger partial charge in [-0.25, -0.2) is 0 Å². The Hall–Kier alpha value is -1.87. The van der Waals surface area contributed by atoms with Crippen LogP contribution in [0.25, 0.3) is 0 Å². The third-order valence-electron chi connectivity index (χ3n) is 6.03. The molecule has 0 heterocycles. The van der Waals surface area contributed by atoms with E-state index in [0.29, 0.717) is 5.56 Å². The van der Waals surface area contributed by atoms with Crippen LogP contribution in [-0.2, 0) is 10.2 Å². The van der Waals surface area contributed by atoms with Crippen molar-refractivity contribution >= 4 is 5.97 Å². The third kappa shape index (κ3) is 3.43. The maximum atomic E-state index is 12.0. The van der Waals surface area contributed by atoms with E-state index in [1.165, 1.54) is 12.8 Å². The van der Waals surface area contributed by atoms with Crippen LogP contribution in [0.4, 0.5) is 0 Å². The van der Waals surface area contributed by atoms with Gasteiger partial charge in [-0.15, -0.1) is 0 Å². The number of carboxylic acids is 1. The molecular weight excluding hydrogens is 312 g/mol. The Bertz CT molecular complexity index is 637. The molecular formula is C22H28O3.